The summed E-state index contributed by atoms with van der Waals surface area (Å²) in [5, 5.41) is 3.56. The summed E-state index contributed by atoms with van der Waals surface area (Å²) in [6.07, 6.45) is 0. The lowest BCUT2D eigenvalue weighted by Gasteiger charge is -2.37. The van der Waals surface area contributed by atoms with Crippen molar-refractivity contribution in [1.82, 2.24) is 15.1 Å². The van der Waals surface area contributed by atoms with Crippen LogP contribution in [0.1, 0.15) is 24.0 Å². The molecule has 1 aliphatic heterocycles. The minimum atomic E-state index is 0. The molecule has 0 aromatic heterocycles. The third-order valence-electron chi connectivity index (χ3n) is 5.95. The van der Waals surface area contributed by atoms with Crippen LogP contribution < -0.4 is 19.5 Å². The average Bonchev–Trinajstić information content (AvgIpc) is 2.85. The molecule has 33 heavy (non-hydrogen) atoms. The van der Waals surface area contributed by atoms with Gasteiger partial charge < -0.3 is 24.4 Å². The van der Waals surface area contributed by atoms with Crippen molar-refractivity contribution in [2.24, 2.45) is 4.99 Å². The summed E-state index contributed by atoms with van der Waals surface area (Å²) in [5.41, 5.74) is 2.48. The van der Waals surface area contributed by atoms with Gasteiger partial charge in [-0.15, -0.1) is 24.0 Å². The van der Waals surface area contributed by atoms with Gasteiger partial charge in [-0.2, -0.15) is 0 Å². The molecule has 0 bridgehead atoms. The van der Waals surface area contributed by atoms with Crippen LogP contribution in [0.4, 0.5) is 0 Å². The summed E-state index contributed by atoms with van der Waals surface area (Å²) in [4.78, 5) is 9.30. The summed E-state index contributed by atoms with van der Waals surface area (Å²) < 4.78 is 16.4. The Kier molecular flexibility index (Phi) is 11.1. The normalized spacial score (nSPS) is 15.4. The Bertz CT molecular complexity index is 861. The van der Waals surface area contributed by atoms with Crippen molar-refractivity contribution in [3.63, 3.8) is 0 Å². The SMILES string of the molecule is CN=C(NCC(C)c1ccccc1)N1CCN(Cc2cc(OC)c(OC)c(OC)c2)CC1.I. The molecule has 1 N–H and O–H groups in total. The van der Waals surface area contributed by atoms with E-state index in [0.717, 1.165) is 50.8 Å². The Balaban J connectivity index is 0.00000385. The maximum Gasteiger partial charge on any atom is 0.203 e. The van der Waals surface area contributed by atoms with Crippen LogP contribution in [0.5, 0.6) is 17.2 Å². The van der Waals surface area contributed by atoms with Crippen LogP contribution in [0.2, 0.25) is 0 Å². The van der Waals surface area contributed by atoms with Gasteiger partial charge in [0.25, 0.3) is 0 Å². The lowest BCUT2D eigenvalue weighted by molar-refractivity contribution is 0.172. The predicted molar refractivity (Wildman–Crippen MR) is 145 cm³/mol. The van der Waals surface area contributed by atoms with E-state index in [1.54, 1.807) is 21.3 Å². The van der Waals surface area contributed by atoms with E-state index < -0.39 is 0 Å². The molecule has 1 unspecified atom stereocenters. The van der Waals surface area contributed by atoms with Gasteiger partial charge in [0.2, 0.25) is 5.75 Å². The molecule has 7 nitrogen and oxygen atoms in total. The molecule has 1 fully saturated rings. The third kappa shape index (κ3) is 7.14. The molecule has 0 radical (unpaired) electrons. The second-order valence-corrected chi connectivity index (χ2v) is 8.04. The van der Waals surface area contributed by atoms with E-state index in [9.17, 15) is 0 Å². The van der Waals surface area contributed by atoms with Gasteiger partial charge in [0.15, 0.2) is 17.5 Å². The highest BCUT2D eigenvalue weighted by Gasteiger charge is 2.21. The van der Waals surface area contributed by atoms with Crippen LogP contribution in [-0.2, 0) is 6.54 Å². The fraction of sp³-hybridized carbons (Fsp3) is 0.480. The second-order valence-electron chi connectivity index (χ2n) is 8.04. The summed E-state index contributed by atoms with van der Waals surface area (Å²) in [7, 11) is 6.78. The number of halogens is 1. The van der Waals surface area contributed by atoms with Crippen LogP contribution in [0, 0.1) is 0 Å². The molecule has 1 aliphatic rings. The number of rotatable bonds is 8. The first-order valence-corrected chi connectivity index (χ1v) is 11.1. The molecule has 0 aliphatic carbocycles. The highest BCUT2D eigenvalue weighted by Crippen LogP contribution is 2.38. The van der Waals surface area contributed by atoms with Gasteiger partial charge in [-0.3, -0.25) is 9.89 Å². The molecular weight excluding hydrogens is 531 g/mol. The highest BCUT2D eigenvalue weighted by atomic mass is 127. The largest absolute Gasteiger partial charge is 0.493 e. The lowest BCUT2D eigenvalue weighted by atomic mass is 10.0. The van der Waals surface area contributed by atoms with Crippen LogP contribution in [0.15, 0.2) is 47.5 Å². The molecule has 0 spiro atoms. The predicted octanol–water partition coefficient (Wildman–Crippen LogP) is 3.83. The number of nitrogens with one attached hydrogen (secondary N) is 1. The summed E-state index contributed by atoms with van der Waals surface area (Å²) in [6, 6.07) is 14.6. The van der Waals surface area contributed by atoms with Crippen molar-refractivity contribution >= 4 is 29.9 Å². The smallest absolute Gasteiger partial charge is 0.203 e. The Morgan fingerprint density at radius 1 is 0.970 bits per heavy atom. The topological polar surface area (TPSA) is 58.6 Å². The Morgan fingerprint density at radius 2 is 1.58 bits per heavy atom. The zero-order valence-electron chi connectivity index (χ0n) is 20.3. The number of hydrogen-bond acceptors (Lipinski definition) is 5. The van der Waals surface area contributed by atoms with Crippen LogP contribution in [0.25, 0.3) is 0 Å². The van der Waals surface area contributed by atoms with E-state index in [4.69, 9.17) is 14.2 Å². The summed E-state index contributed by atoms with van der Waals surface area (Å²) in [6.45, 7) is 7.74. The number of hydrogen-bond donors (Lipinski definition) is 1. The van der Waals surface area contributed by atoms with Crippen molar-refractivity contribution in [3.05, 3.63) is 53.6 Å². The number of ether oxygens (including phenoxy) is 3. The number of aliphatic imine (C=N–C) groups is 1. The van der Waals surface area contributed by atoms with Crippen molar-refractivity contribution < 1.29 is 14.2 Å². The standard InChI is InChI=1S/C25H36N4O3.HI/c1-19(21-9-7-6-8-10-21)17-27-25(26-2)29-13-11-28(12-14-29)18-20-15-22(30-3)24(32-5)23(16-20)31-4;/h6-10,15-16,19H,11-14,17-18H2,1-5H3,(H,26,27);1H. The Morgan fingerprint density at radius 3 is 2.09 bits per heavy atom. The Labute approximate surface area is 215 Å². The second kappa shape index (κ2) is 13.5. The number of guanidine groups is 1. The first-order valence-electron chi connectivity index (χ1n) is 11.1. The first kappa shape index (κ1) is 27.0. The zero-order valence-corrected chi connectivity index (χ0v) is 22.7. The molecule has 182 valence electrons. The molecule has 1 heterocycles. The number of piperazine rings is 1. The molecule has 0 amide bonds. The number of nitrogens with zero attached hydrogens (tertiary/aromatic N) is 3. The van der Waals surface area contributed by atoms with Gasteiger partial charge in [0, 0.05) is 46.3 Å². The van der Waals surface area contributed by atoms with Crippen LogP contribution in [0.3, 0.4) is 0 Å². The van der Waals surface area contributed by atoms with Crippen molar-refractivity contribution in [3.8, 4) is 17.2 Å². The van der Waals surface area contributed by atoms with Crippen LogP contribution in [-0.4, -0.2) is 76.9 Å². The minimum absolute atomic E-state index is 0. The molecule has 0 saturated carbocycles. The van der Waals surface area contributed by atoms with Gasteiger partial charge >= 0.3 is 0 Å². The lowest BCUT2D eigenvalue weighted by Crippen LogP contribution is -2.52. The van der Waals surface area contributed by atoms with Gasteiger partial charge in [-0.05, 0) is 29.2 Å². The monoisotopic (exact) mass is 568 g/mol. The van der Waals surface area contributed by atoms with E-state index in [1.165, 1.54) is 5.56 Å². The molecular formula is C25H37IN4O3. The maximum absolute atomic E-state index is 5.49. The van der Waals surface area contributed by atoms with E-state index >= 15 is 0 Å². The Hall–Kier alpha value is -2.20. The van der Waals surface area contributed by atoms with Crippen molar-refractivity contribution in [1.29, 1.82) is 0 Å². The van der Waals surface area contributed by atoms with E-state index in [0.29, 0.717) is 23.2 Å². The van der Waals surface area contributed by atoms with Crippen molar-refractivity contribution in [2.45, 2.75) is 19.4 Å². The first-order chi connectivity index (χ1) is 15.6. The summed E-state index contributed by atoms with van der Waals surface area (Å²) in [5.74, 6) is 3.41. The fourth-order valence-corrected chi connectivity index (χ4v) is 4.08. The fourth-order valence-electron chi connectivity index (χ4n) is 4.08. The molecule has 2 aromatic carbocycles. The molecule has 1 atom stereocenters. The van der Waals surface area contributed by atoms with Crippen molar-refractivity contribution in [2.75, 3.05) is 61.1 Å². The van der Waals surface area contributed by atoms with Crippen LogP contribution >= 0.6 is 24.0 Å². The number of benzene rings is 2. The third-order valence-corrected chi connectivity index (χ3v) is 5.95. The zero-order chi connectivity index (χ0) is 22.9. The molecule has 2 aromatic rings. The maximum atomic E-state index is 5.49. The van der Waals surface area contributed by atoms with Gasteiger partial charge in [0.1, 0.15) is 0 Å². The summed E-state index contributed by atoms with van der Waals surface area (Å²) >= 11 is 0. The number of methoxy groups -OCH3 is 3. The average molecular weight is 569 g/mol. The molecule has 8 heteroatoms. The van der Waals surface area contributed by atoms with Gasteiger partial charge in [0.05, 0.1) is 21.3 Å². The van der Waals surface area contributed by atoms with E-state index in [2.05, 4.69) is 57.4 Å². The van der Waals surface area contributed by atoms with Gasteiger partial charge in [-0.25, -0.2) is 0 Å². The van der Waals surface area contributed by atoms with E-state index in [1.807, 2.05) is 19.2 Å². The van der Waals surface area contributed by atoms with Gasteiger partial charge in [-0.1, -0.05) is 37.3 Å². The van der Waals surface area contributed by atoms with E-state index in [-0.39, 0.29) is 24.0 Å². The highest BCUT2D eigenvalue weighted by molar-refractivity contribution is 14.0. The quantitative estimate of drug-likeness (QED) is 0.297. The molecule has 1 saturated heterocycles. The molecule has 3 rings (SSSR count). The minimum Gasteiger partial charge on any atom is -0.493 e.